The molecule has 0 saturated heterocycles. The summed E-state index contributed by atoms with van der Waals surface area (Å²) in [5.41, 5.74) is 4.36. The molecule has 6 heteroatoms. The van der Waals surface area contributed by atoms with E-state index in [1.54, 1.807) is 12.1 Å². The number of nitrogens with one attached hydrogen (secondary N) is 1. The highest BCUT2D eigenvalue weighted by molar-refractivity contribution is 9.10. The average Bonchev–Trinajstić information content (AvgIpc) is 3.23. The smallest absolute Gasteiger partial charge is 0.291 e. The second kappa shape index (κ2) is 6.22. The van der Waals surface area contributed by atoms with E-state index in [2.05, 4.69) is 26.2 Å². The van der Waals surface area contributed by atoms with E-state index < -0.39 is 0 Å². The largest absolute Gasteiger partial charge is 0.444 e. The minimum absolute atomic E-state index is 0.254. The lowest BCUT2D eigenvalue weighted by Gasteiger charge is -2.09. The number of anilines is 1. The van der Waals surface area contributed by atoms with E-state index in [9.17, 15) is 4.79 Å². The SMILES string of the molecule is Cc1ccc(-c2cn3ccccc3n2)cc1NC(=O)c1ccc(Br)o1. The zero-order valence-corrected chi connectivity index (χ0v) is 14.9. The van der Waals surface area contributed by atoms with E-state index in [0.29, 0.717) is 4.67 Å². The predicted molar refractivity (Wildman–Crippen MR) is 99.7 cm³/mol. The van der Waals surface area contributed by atoms with Crippen LogP contribution in [0.4, 0.5) is 5.69 Å². The molecule has 0 saturated carbocycles. The summed E-state index contributed by atoms with van der Waals surface area (Å²) in [7, 11) is 0. The molecule has 0 bridgehead atoms. The van der Waals surface area contributed by atoms with Crippen molar-refractivity contribution < 1.29 is 9.21 Å². The highest BCUT2D eigenvalue weighted by Gasteiger charge is 2.13. The van der Waals surface area contributed by atoms with E-state index in [4.69, 9.17) is 4.42 Å². The fraction of sp³-hybridized carbons (Fsp3) is 0.0526. The predicted octanol–water partition coefficient (Wildman–Crippen LogP) is 4.92. The van der Waals surface area contributed by atoms with Crippen molar-refractivity contribution in [2.75, 3.05) is 5.32 Å². The molecule has 124 valence electrons. The molecule has 0 radical (unpaired) electrons. The van der Waals surface area contributed by atoms with Crippen LogP contribution in [0.5, 0.6) is 0 Å². The second-order valence-electron chi connectivity index (χ2n) is 5.68. The molecule has 0 fully saturated rings. The molecule has 3 heterocycles. The van der Waals surface area contributed by atoms with Crippen molar-refractivity contribution in [2.45, 2.75) is 6.92 Å². The number of amides is 1. The number of hydrogen-bond donors (Lipinski definition) is 1. The van der Waals surface area contributed by atoms with Gasteiger partial charge in [-0.05, 0) is 58.7 Å². The Balaban J connectivity index is 1.67. The number of aryl methyl sites for hydroxylation is 1. The summed E-state index contributed by atoms with van der Waals surface area (Å²) in [5, 5.41) is 2.90. The van der Waals surface area contributed by atoms with Gasteiger partial charge in [0.2, 0.25) is 0 Å². The number of halogens is 1. The first-order chi connectivity index (χ1) is 12.1. The average molecular weight is 396 g/mol. The summed E-state index contributed by atoms with van der Waals surface area (Å²) in [5.74, 6) is -0.0367. The molecule has 0 spiro atoms. The molecule has 1 N–H and O–H groups in total. The summed E-state index contributed by atoms with van der Waals surface area (Å²) < 4.78 is 7.79. The molecule has 0 aliphatic carbocycles. The summed E-state index contributed by atoms with van der Waals surface area (Å²) >= 11 is 3.20. The maximum absolute atomic E-state index is 12.3. The van der Waals surface area contributed by atoms with Crippen molar-refractivity contribution in [2.24, 2.45) is 0 Å². The first kappa shape index (κ1) is 15.7. The zero-order valence-electron chi connectivity index (χ0n) is 13.4. The number of carbonyl (C=O) groups is 1. The van der Waals surface area contributed by atoms with Crippen molar-refractivity contribution in [3.63, 3.8) is 0 Å². The number of furan rings is 1. The molecule has 0 atom stereocenters. The highest BCUT2D eigenvalue weighted by Crippen LogP contribution is 2.26. The van der Waals surface area contributed by atoms with E-state index >= 15 is 0 Å². The quantitative estimate of drug-likeness (QED) is 0.535. The number of rotatable bonds is 3. The van der Waals surface area contributed by atoms with Crippen LogP contribution in [0.25, 0.3) is 16.9 Å². The molecule has 25 heavy (non-hydrogen) atoms. The first-order valence-corrected chi connectivity index (χ1v) is 8.51. The molecular formula is C19H14BrN3O2. The normalized spacial score (nSPS) is 11.0. The van der Waals surface area contributed by atoms with E-state index in [0.717, 1.165) is 28.2 Å². The third kappa shape index (κ3) is 3.08. The maximum Gasteiger partial charge on any atom is 0.291 e. The molecule has 1 amide bonds. The van der Waals surface area contributed by atoms with Crippen LogP contribution >= 0.6 is 15.9 Å². The molecule has 4 aromatic rings. The lowest BCUT2D eigenvalue weighted by atomic mass is 10.1. The van der Waals surface area contributed by atoms with Gasteiger partial charge in [-0.25, -0.2) is 4.98 Å². The summed E-state index contributed by atoms with van der Waals surface area (Å²) in [6, 6.07) is 15.1. The van der Waals surface area contributed by atoms with Gasteiger partial charge < -0.3 is 14.1 Å². The first-order valence-electron chi connectivity index (χ1n) is 7.71. The number of pyridine rings is 1. The van der Waals surface area contributed by atoms with Crippen LogP contribution in [0.15, 0.2) is 70.0 Å². The van der Waals surface area contributed by atoms with Gasteiger partial charge in [0.25, 0.3) is 5.91 Å². The van der Waals surface area contributed by atoms with Gasteiger partial charge in [-0.1, -0.05) is 18.2 Å². The summed E-state index contributed by atoms with van der Waals surface area (Å²) in [4.78, 5) is 16.9. The van der Waals surface area contributed by atoms with Gasteiger partial charge in [-0.15, -0.1) is 0 Å². The minimum Gasteiger partial charge on any atom is -0.444 e. The van der Waals surface area contributed by atoms with Gasteiger partial charge in [0.1, 0.15) is 5.65 Å². The lowest BCUT2D eigenvalue weighted by Crippen LogP contribution is -2.11. The lowest BCUT2D eigenvalue weighted by molar-refractivity contribution is 0.0995. The Bertz CT molecular complexity index is 1050. The number of aromatic nitrogens is 2. The number of fused-ring (bicyclic) bond motifs is 1. The monoisotopic (exact) mass is 395 g/mol. The minimum atomic E-state index is -0.291. The molecule has 3 aromatic heterocycles. The topological polar surface area (TPSA) is 59.5 Å². The van der Waals surface area contributed by atoms with Gasteiger partial charge in [-0.2, -0.15) is 0 Å². The van der Waals surface area contributed by atoms with Crippen LogP contribution < -0.4 is 5.32 Å². The zero-order chi connectivity index (χ0) is 17.4. The second-order valence-corrected chi connectivity index (χ2v) is 6.46. The Morgan fingerprint density at radius 1 is 1.20 bits per heavy atom. The van der Waals surface area contributed by atoms with Crippen LogP contribution in [0, 0.1) is 6.92 Å². The van der Waals surface area contributed by atoms with Gasteiger partial charge in [0.05, 0.1) is 5.69 Å². The highest BCUT2D eigenvalue weighted by atomic mass is 79.9. The fourth-order valence-corrected chi connectivity index (χ4v) is 2.92. The third-order valence-corrected chi connectivity index (χ3v) is 4.37. The summed E-state index contributed by atoms with van der Waals surface area (Å²) in [6.45, 7) is 1.95. The van der Waals surface area contributed by atoms with Crippen molar-refractivity contribution in [3.05, 3.63) is 76.9 Å². The van der Waals surface area contributed by atoms with Gasteiger partial charge in [0.15, 0.2) is 10.4 Å². The van der Waals surface area contributed by atoms with Gasteiger partial charge in [0, 0.05) is 23.6 Å². The van der Waals surface area contributed by atoms with Gasteiger partial charge >= 0.3 is 0 Å². The fourth-order valence-electron chi connectivity index (χ4n) is 2.61. The Hall–Kier alpha value is -2.86. The van der Waals surface area contributed by atoms with Crippen LogP contribution in [0.2, 0.25) is 0 Å². The van der Waals surface area contributed by atoms with E-state index in [1.165, 1.54) is 0 Å². The Morgan fingerprint density at radius 2 is 2.08 bits per heavy atom. The molecular weight excluding hydrogens is 382 g/mol. The molecule has 0 aliphatic heterocycles. The molecule has 0 unspecified atom stereocenters. The number of hydrogen-bond acceptors (Lipinski definition) is 3. The van der Waals surface area contributed by atoms with Crippen LogP contribution in [-0.2, 0) is 0 Å². The third-order valence-electron chi connectivity index (χ3n) is 3.94. The number of nitrogens with zero attached hydrogens (tertiary/aromatic N) is 2. The molecule has 5 nitrogen and oxygen atoms in total. The number of imidazole rings is 1. The van der Waals surface area contributed by atoms with E-state index in [1.807, 2.05) is 60.1 Å². The van der Waals surface area contributed by atoms with Crippen LogP contribution in [0.1, 0.15) is 16.1 Å². The number of benzene rings is 1. The van der Waals surface area contributed by atoms with Crippen molar-refractivity contribution in [3.8, 4) is 11.3 Å². The Labute approximate surface area is 152 Å². The maximum atomic E-state index is 12.3. The molecule has 0 aliphatic rings. The molecule has 1 aromatic carbocycles. The molecule has 4 rings (SSSR count). The van der Waals surface area contributed by atoms with Gasteiger partial charge in [-0.3, -0.25) is 4.79 Å². The Kier molecular flexibility index (Phi) is 3.89. The number of carbonyl (C=O) groups excluding carboxylic acids is 1. The van der Waals surface area contributed by atoms with Crippen molar-refractivity contribution >= 4 is 33.2 Å². The summed E-state index contributed by atoms with van der Waals surface area (Å²) in [6.07, 6.45) is 3.92. The van der Waals surface area contributed by atoms with Crippen molar-refractivity contribution in [1.29, 1.82) is 0 Å². The Morgan fingerprint density at radius 3 is 2.84 bits per heavy atom. The van der Waals surface area contributed by atoms with Crippen molar-refractivity contribution in [1.82, 2.24) is 9.38 Å². The van der Waals surface area contributed by atoms with Crippen LogP contribution in [0.3, 0.4) is 0 Å². The standard InChI is InChI=1S/C19H14BrN3O2/c1-12-5-6-13(15-11-23-9-3-2-4-18(23)21-15)10-14(12)22-19(24)16-7-8-17(20)25-16/h2-11H,1H3,(H,22,24). The van der Waals surface area contributed by atoms with E-state index in [-0.39, 0.29) is 11.7 Å². The van der Waals surface area contributed by atoms with Crippen LogP contribution in [-0.4, -0.2) is 15.3 Å².